The van der Waals surface area contributed by atoms with E-state index in [1.54, 1.807) is 18.2 Å². The van der Waals surface area contributed by atoms with Gasteiger partial charge in [0.15, 0.2) is 5.78 Å². The summed E-state index contributed by atoms with van der Waals surface area (Å²) in [5, 5.41) is 0. The minimum atomic E-state index is -0.0854. The second kappa shape index (κ2) is 3.47. The molecule has 0 spiro atoms. The molecule has 0 saturated heterocycles. The number of rotatable bonds is 0. The number of carbonyl (C=O) groups excluding carboxylic acids is 1. The van der Waals surface area contributed by atoms with Gasteiger partial charge in [0, 0.05) is 22.5 Å². The van der Waals surface area contributed by atoms with Crippen LogP contribution in [0.15, 0.2) is 43.0 Å². The van der Waals surface area contributed by atoms with Gasteiger partial charge in [-0.25, -0.2) is 0 Å². The van der Waals surface area contributed by atoms with Gasteiger partial charge in [0.05, 0.1) is 5.56 Å². The molecule has 88 valence electrons. The van der Waals surface area contributed by atoms with Crippen molar-refractivity contribution in [3.63, 3.8) is 0 Å². The molecule has 0 heterocycles. The normalized spacial score (nSPS) is 13.1. The molecule has 0 aliphatic heterocycles. The van der Waals surface area contributed by atoms with Crippen LogP contribution in [-0.2, 0) is 0 Å². The first kappa shape index (κ1) is 10.6. The number of fused-ring (bicyclic) bond motifs is 2. The SMILES string of the molecule is C=C1c2ccccc2C(=O)c2c(N)ccc(N)c21. The monoisotopic (exact) mass is 236 g/mol. The minimum absolute atomic E-state index is 0.0854. The molecular formula is C15H12N2O. The van der Waals surface area contributed by atoms with Gasteiger partial charge in [-0.1, -0.05) is 30.8 Å². The number of nitrogen functional groups attached to an aromatic ring is 2. The van der Waals surface area contributed by atoms with Crippen LogP contribution >= 0.6 is 0 Å². The quantitative estimate of drug-likeness (QED) is 0.589. The van der Waals surface area contributed by atoms with Crippen molar-refractivity contribution in [1.29, 1.82) is 0 Å². The summed E-state index contributed by atoms with van der Waals surface area (Å²) in [4.78, 5) is 12.4. The fourth-order valence-electron chi connectivity index (χ4n) is 2.42. The van der Waals surface area contributed by atoms with Gasteiger partial charge in [-0.2, -0.15) is 0 Å². The molecule has 0 saturated carbocycles. The second-order valence-corrected chi connectivity index (χ2v) is 4.35. The molecule has 0 aromatic heterocycles. The Kier molecular flexibility index (Phi) is 2.04. The highest BCUT2D eigenvalue weighted by atomic mass is 16.1. The lowest BCUT2D eigenvalue weighted by Gasteiger charge is -2.23. The Bertz CT molecular complexity index is 642. The number of nitrogens with two attached hydrogens (primary N) is 2. The molecule has 0 amide bonds. The highest BCUT2D eigenvalue weighted by Gasteiger charge is 2.28. The predicted octanol–water partition coefficient (Wildman–Crippen LogP) is 2.46. The average molecular weight is 236 g/mol. The fraction of sp³-hybridized carbons (Fsp3) is 0. The number of anilines is 2. The van der Waals surface area contributed by atoms with Crippen LogP contribution in [-0.4, -0.2) is 5.78 Å². The molecule has 0 radical (unpaired) electrons. The first-order chi connectivity index (χ1) is 8.61. The summed E-state index contributed by atoms with van der Waals surface area (Å²) in [5.74, 6) is -0.0854. The van der Waals surface area contributed by atoms with E-state index in [1.807, 2.05) is 18.2 Å². The molecule has 1 aliphatic carbocycles. The largest absolute Gasteiger partial charge is 0.398 e. The Labute approximate surface area is 105 Å². The van der Waals surface area contributed by atoms with Crippen LogP contribution in [0.4, 0.5) is 11.4 Å². The number of hydrogen-bond donors (Lipinski definition) is 2. The molecule has 3 heteroatoms. The third-order valence-corrected chi connectivity index (χ3v) is 3.30. The second-order valence-electron chi connectivity index (χ2n) is 4.35. The summed E-state index contributed by atoms with van der Waals surface area (Å²) in [6.45, 7) is 4.05. The third kappa shape index (κ3) is 1.21. The van der Waals surface area contributed by atoms with Crippen molar-refractivity contribution in [2.75, 3.05) is 11.5 Å². The van der Waals surface area contributed by atoms with E-state index in [4.69, 9.17) is 11.5 Å². The standard InChI is InChI=1S/C15H12N2O/c1-8-9-4-2-3-5-10(9)15(18)14-12(17)7-6-11(16)13(8)14/h2-7H,1,16-17H2. The molecule has 3 nitrogen and oxygen atoms in total. The molecular weight excluding hydrogens is 224 g/mol. The molecule has 0 bridgehead atoms. The van der Waals surface area contributed by atoms with E-state index in [2.05, 4.69) is 6.58 Å². The Hall–Kier alpha value is -2.55. The van der Waals surface area contributed by atoms with Crippen molar-refractivity contribution >= 4 is 22.7 Å². The first-order valence-corrected chi connectivity index (χ1v) is 5.62. The van der Waals surface area contributed by atoms with Crippen LogP contribution in [0, 0.1) is 0 Å². The lowest BCUT2D eigenvalue weighted by Crippen LogP contribution is -2.17. The fourth-order valence-corrected chi connectivity index (χ4v) is 2.42. The van der Waals surface area contributed by atoms with Gasteiger partial charge in [0.25, 0.3) is 0 Å². The number of hydrogen-bond acceptors (Lipinski definition) is 3. The number of benzene rings is 2. The molecule has 4 N–H and O–H groups in total. The summed E-state index contributed by atoms with van der Waals surface area (Å²) in [5.41, 5.74) is 16.2. The Balaban J connectivity index is 2.41. The smallest absolute Gasteiger partial charge is 0.196 e. The molecule has 18 heavy (non-hydrogen) atoms. The molecule has 2 aromatic rings. The zero-order valence-electron chi connectivity index (χ0n) is 9.73. The third-order valence-electron chi connectivity index (χ3n) is 3.30. The van der Waals surface area contributed by atoms with E-state index < -0.39 is 0 Å². The van der Waals surface area contributed by atoms with E-state index in [1.165, 1.54) is 0 Å². The van der Waals surface area contributed by atoms with Gasteiger partial charge in [-0.3, -0.25) is 4.79 Å². The predicted molar refractivity (Wildman–Crippen MR) is 73.3 cm³/mol. The van der Waals surface area contributed by atoms with Gasteiger partial charge in [0.2, 0.25) is 0 Å². The van der Waals surface area contributed by atoms with Crippen molar-refractivity contribution in [2.24, 2.45) is 0 Å². The highest BCUT2D eigenvalue weighted by Crippen LogP contribution is 2.40. The maximum atomic E-state index is 12.4. The van der Waals surface area contributed by atoms with Gasteiger partial charge in [0.1, 0.15) is 0 Å². The van der Waals surface area contributed by atoms with Crippen LogP contribution in [0.5, 0.6) is 0 Å². The van der Waals surface area contributed by atoms with E-state index >= 15 is 0 Å². The number of carbonyl (C=O) groups is 1. The first-order valence-electron chi connectivity index (χ1n) is 5.62. The van der Waals surface area contributed by atoms with Gasteiger partial charge in [-0.05, 0) is 23.3 Å². The van der Waals surface area contributed by atoms with Crippen molar-refractivity contribution in [2.45, 2.75) is 0 Å². The van der Waals surface area contributed by atoms with E-state index in [0.717, 1.165) is 11.1 Å². The van der Waals surface area contributed by atoms with Gasteiger partial charge >= 0.3 is 0 Å². The summed E-state index contributed by atoms with van der Waals surface area (Å²) in [7, 11) is 0. The topological polar surface area (TPSA) is 69.1 Å². The zero-order valence-corrected chi connectivity index (χ0v) is 9.73. The van der Waals surface area contributed by atoms with E-state index in [-0.39, 0.29) is 5.78 Å². The van der Waals surface area contributed by atoms with Crippen molar-refractivity contribution in [3.05, 3.63) is 65.2 Å². The van der Waals surface area contributed by atoms with Crippen LogP contribution in [0.1, 0.15) is 27.0 Å². The Morgan fingerprint density at radius 2 is 1.39 bits per heavy atom. The minimum Gasteiger partial charge on any atom is -0.398 e. The van der Waals surface area contributed by atoms with Gasteiger partial charge < -0.3 is 11.5 Å². The van der Waals surface area contributed by atoms with Crippen molar-refractivity contribution in [1.82, 2.24) is 0 Å². The maximum Gasteiger partial charge on any atom is 0.196 e. The van der Waals surface area contributed by atoms with Crippen molar-refractivity contribution in [3.8, 4) is 0 Å². The van der Waals surface area contributed by atoms with Crippen LogP contribution < -0.4 is 11.5 Å². The van der Waals surface area contributed by atoms with Crippen LogP contribution in [0.3, 0.4) is 0 Å². The summed E-state index contributed by atoms with van der Waals surface area (Å²) in [6.07, 6.45) is 0. The highest BCUT2D eigenvalue weighted by molar-refractivity contribution is 6.22. The Morgan fingerprint density at radius 3 is 2.06 bits per heavy atom. The maximum absolute atomic E-state index is 12.4. The Morgan fingerprint density at radius 1 is 0.833 bits per heavy atom. The summed E-state index contributed by atoms with van der Waals surface area (Å²) >= 11 is 0. The van der Waals surface area contributed by atoms with E-state index in [9.17, 15) is 4.79 Å². The molecule has 0 atom stereocenters. The average Bonchev–Trinajstić information content (AvgIpc) is 2.38. The van der Waals surface area contributed by atoms with Crippen LogP contribution in [0.25, 0.3) is 5.57 Å². The molecule has 1 aliphatic rings. The van der Waals surface area contributed by atoms with Crippen molar-refractivity contribution < 1.29 is 4.79 Å². The number of ketones is 1. The molecule has 0 fully saturated rings. The lowest BCUT2D eigenvalue weighted by atomic mass is 9.80. The van der Waals surface area contributed by atoms with E-state index in [0.29, 0.717) is 28.1 Å². The zero-order chi connectivity index (χ0) is 12.9. The molecule has 2 aromatic carbocycles. The summed E-state index contributed by atoms with van der Waals surface area (Å²) in [6, 6.07) is 10.7. The molecule has 3 rings (SSSR count). The summed E-state index contributed by atoms with van der Waals surface area (Å²) < 4.78 is 0. The lowest BCUT2D eigenvalue weighted by molar-refractivity contribution is 0.103. The molecule has 0 unspecified atom stereocenters. The van der Waals surface area contributed by atoms with Gasteiger partial charge in [-0.15, -0.1) is 0 Å². The van der Waals surface area contributed by atoms with Crippen LogP contribution in [0.2, 0.25) is 0 Å².